The molecule has 0 aliphatic carbocycles. The van der Waals surface area contributed by atoms with Gasteiger partial charge in [0.05, 0.1) is 16.9 Å². The predicted molar refractivity (Wildman–Crippen MR) is 95.1 cm³/mol. The number of furan rings is 1. The first kappa shape index (κ1) is 15.5. The van der Waals surface area contributed by atoms with E-state index in [1.54, 1.807) is 48.7 Å². The maximum absolute atomic E-state index is 12.5. The van der Waals surface area contributed by atoms with E-state index in [0.29, 0.717) is 26.4 Å². The summed E-state index contributed by atoms with van der Waals surface area (Å²) in [5, 5.41) is 2.68. The van der Waals surface area contributed by atoms with E-state index in [1.165, 1.54) is 23.6 Å². The number of nitrogens with one attached hydrogen (secondary N) is 1. The average Bonchev–Trinajstić information content (AvgIpc) is 3.09. The number of thioether (sulfide) groups is 1. The van der Waals surface area contributed by atoms with Gasteiger partial charge in [0.15, 0.2) is 4.32 Å². The fraction of sp³-hybridized carbons (Fsp3) is 0.0625. The summed E-state index contributed by atoms with van der Waals surface area (Å²) in [7, 11) is 0. The van der Waals surface area contributed by atoms with Gasteiger partial charge in [0.2, 0.25) is 5.91 Å². The molecule has 0 atom stereocenters. The van der Waals surface area contributed by atoms with Crippen LogP contribution < -0.4 is 10.2 Å². The molecule has 2 aromatic rings. The minimum absolute atomic E-state index is 0.148. The second-order valence-corrected chi connectivity index (χ2v) is 6.44. The highest BCUT2D eigenvalue weighted by Gasteiger charge is 2.33. The van der Waals surface area contributed by atoms with Gasteiger partial charge in [-0.3, -0.25) is 14.5 Å². The normalized spacial score (nSPS) is 16.2. The molecule has 1 aliphatic heterocycles. The van der Waals surface area contributed by atoms with Gasteiger partial charge in [0.25, 0.3) is 5.91 Å². The van der Waals surface area contributed by atoms with Crippen molar-refractivity contribution < 1.29 is 14.0 Å². The number of hydrogen-bond acceptors (Lipinski definition) is 5. The molecule has 1 aliphatic rings. The molecule has 2 heterocycles. The Hall–Kier alpha value is -2.38. The van der Waals surface area contributed by atoms with Crippen LogP contribution >= 0.6 is 24.0 Å². The molecule has 1 fully saturated rings. The summed E-state index contributed by atoms with van der Waals surface area (Å²) in [6.45, 7) is 1.44. The van der Waals surface area contributed by atoms with Crippen LogP contribution in [0.15, 0.2) is 52.0 Å². The van der Waals surface area contributed by atoms with Crippen LogP contribution in [0.4, 0.5) is 11.4 Å². The highest BCUT2D eigenvalue weighted by Crippen LogP contribution is 2.36. The van der Waals surface area contributed by atoms with Crippen molar-refractivity contribution in [1.82, 2.24) is 0 Å². The van der Waals surface area contributed by atoms with Crippen LogP contribution in [0.5, 0.6) is 0 Å². The van der Waals surface area contributed by atoms with E-state index in [0.717, 1.165) is 0 Å². The summed E-state index contributed by atoms with van der Waals surface area (Å²) >= 11 is 6.53. The largest absolute Gasteiger partial charge is 0.465 e. The molecule has 1 aromatic carbocycles. The first-order valence-corrected chi connectivity index (χ1v) is 7.96. The zero-order valence-corrected chi connectivity index (χ0v) is 13.7. The molecule has 5 nitrogen and oxygen atoms in total. The number of hydrogen-bond donors (Lipinski definition) is 1. The summed E-state index contributed by atoms with van der Waals surface area (Å²) in [6.07, 6.45) is 3.22. The van der Waals surface area contributed by atoms with Crippen molar-refractivity contribution in [2.75, 3.05) is 10.2 Å². The fourth-order valence-corrected chi connectivity index (χ4v) is 3.37. The number of nitrogens with zero attached hydrogens (tertiary/aromatic N) is 1. The van der Waals surface area contributed by atoms with E-state index < -0.39 is 0 Å². The third-order valence-electron chi connectivity index (χ3n) is 3.06. The second-order valence-electron chi connectivity index (χ2n) is 4.76. The number of carbonyl (C=O) groups is 2. The van der Waals surface area contributed by atoms with Crippen LogP contribution in [0, 0.1) is 0 Å². The van der Waals surface area contributed by atoms with Gasteiger partial charge in [0, 0.05) is 18.7 Å². The van der Waals surface area contributed by atoms with Crippen LogP contribution in [0.3, 0.4) is 0 Å². The molecule has 1 N–H and O–H groups in total. The Balaban J connectivity index is 1.84. The van der Waals surface area contributed by atoms with E-state index in [9.17, 15) is 9.59 Å². The maximum Gasteiger partial charge on any atom is 0.270 e. The standard InChI is InChI=1S/C16H12N2O3S2/c1-10(19)17-11-4-6-12(7-5-11)18-15(20)14(23-16(18)22)9-13-3-2-8-21-13/h2-9H,1H3,(H,17,19). The molecule has 2 amide bonds. The van der Waals surface area contributed by atoms with Gasteiger partial charge < -0.3 is 9.73 Å². The number of carbonyl (C=O) groups excluding carboxylic acids is 2. The molecule has 23 heavy (non-hydrogen) atoms. The second kappa shape index (κ2) is 6.39. The zero-order valence-electron chi connectivity index (χ0n) is 12.1. The molecule has 116 valence electrons. The van der Waals surface area contributed by atoms with Crippen LogP contribution in [-0.2, 0) is 9.59 Å². The minimum Gasteiger partial charge on any atom is -0.465 e. The Kier molecular flexibility index (Phi) is 4.31. The monoisotopic (exact) mass is 344 g/mol. The number of anilines is 2. The lowest BCUT2D eigenvalue weighted by Gasteiger charge is -2.15. The lowest BCUT2D eigenvalue weighted by Crippen LogP contribution is -2.27. The molecule has 7 heteroatoms. The summed E-state index contributed by atoms with van der Waals surface area (Å²) in [5.74, 6) is 0.264. The minimum atomic E-state index is -0.191. The van der Waals surface area contributed by atoms with E-state index in [1.807, 2.05) is 0 Å². The smallest absolute Gasteiger partial charge is 0.270 e. The Morgan fingerprint density at radius 1 is 1.30 bits per heavy atom. The molecular formula is C16H12N2O3S2. The molecule has 0 saturated carbocycles. The SMILES string of the molecule is CC(=O)Nc1ccc(N2C(=O)C(=Cc3ccco3)SC2=S)cc1. The lowest BCUT2D eigenvalue weighted by molar-refractivity contribution is -0.114. The summed E-state index contributed by atoms with van der Waals surface area (Å²) < 4.78 is 5.69. The van der Waals surface area contributed by atoms with Crippen LogP contribution in [0.2, 0.25) is 0 Å². The molecule has 1 saturated heterocycles. The van der Waals surface area contributed by atoms with E-state index in [2.05, 4.69) is 5.32 Å². The third-order valence-corrected chi connectivity index (χ3v) is 4.36. The average molecular weight is 344 g/mol. The Labute approximate surface area is 142 Å². The third kappa shape index (κ3) is 3.35. The zero-order chi connectivity index (χ0) is 16.4. The summed E-state index contributed by atoms with van der Waals surface area (Å²) in [6, 6.07) is 10.5. The molecule has 0 unspecified atom stereocenters. The Bertz CT molecular complexity index is 795. The van der Waals surface area contributed by atoms with Crippen molar-refractivity contribution in [3.63, 3.8) is 0 Å². The van der Waals surface area contributed by atoms with Crippen molar-refractivity contribution >= 4 is 57.6 Å². The Morgan fingerprint density at radius 2 is 2.04 bits per heavy atom. The van der Waals surface area contributed by atoms with Crippen LogP contribution in [0.1, 0.15) is 12.7 Å². The van der Waals surface area contributed by atoms with Crippen LogP contribution in [0.25, 0.3) is 6.08 Å². The topological polar surface area (TPSA) is 62.6 Å². The van der Waals surface area contributed by atoms with Gasteiger partial charge in [-0.25, -0.2) is 0 Å². The molecular weight excluding hydrogens is 332 g/mol. The van der Waals surface area contributed by atoms with Gasteiger partial charge >= 0.3 is 0 Å². The number of benzene rings is 1. The fourth-order valence-electron chi connectivity index (χ4n) is 2.09. The number of rotatable bonds is 3. The summed E-state index contributed by atoms with van der Waals surface area (Å²) in [5.41, 5.74) is 1.32. The van der Waals surface area contributed by atoms with Gasteiger partial charge in [-0.1, -0.05) is 24.0 Å². The number of amides is 2. The van der Waals surface area contributed by atoms with Crippen LogP contribution in [-0.4, -0.2) is 16.1 Å². The highest BCUT2D eigenvalue weighted by molar-refractivity contribution is 8.27. The van der Waals surface area contributed by atoms with E-state index in [4.69, 9.17) is 16.6 Å². The van der Waals surface area contributed by atoms with E-state index in [-0.39, 0.29) is 11.8 Å². The van der Waals surface area contributed by atoms with Crippen molar-refractivity contribution in [1.29, 1.82) is 0 Å². The molecule has 0 spiro atoms. The summed E-state index contributed by atoms with van der Waals surface area (Å²) in [4.78, 5) is 25.6. The van der Waals surface area contributed by atoms with E-state index >= 15 is 0 Å². The quantitative estimate of drug-likeness (QED) is 0.680. The predicted octanol–water partition coefficient (Wildman–Crippen LogP) is 3.64. The Morgan fingerprint density at radius 3 is 2.65 bits per heavy atom. The number of thiocarbonyl (C=S) groups is 1. The maximum atomic E-state index is 12.5. The molecule has 1 aromatic heterocycles. The van der Waals surface area contributed by atoms with Crippen molar-refractivity contribution in [2.45, 2.75) is 6.92 Å². The van der Waals surface area contributed by atoms with Gasteiger partial charge in [-0.05, 0) is 36.4 Å². The highest BCUT2D eigenvalue weighted by atomic mass is 32.2. The van der Waals surface area contributed by atoms with Crippen molar-refractivity contribution in [3.05, 3.63) is 53.3 Å². The van der Waals surface area contributed by atoms with Gasteiger partial charge in [0.1, 0.15) is 5.76 Å². The lowest BCUT2D eigenvalue weighted by atomic mass is 10.2. The van der Waals surface area contributed by atoms with Crippen molar-refractivity contribution in [2.24, 2.45) is 0 Å². The molecule has 3 rings (SSSR count). The molecule has 0 bridgehead atoms. The van der Waals surface area contributed by atoms with Gasteiger partial charge in [-0.2, -0.15) is 0 Å². The van der Waals surface area contributed by atoms with Gasteiger partial charge in [-0.15, -0.1) is 0 Å². The van der Waals surface area contributed by atoms with Crippen molar-refractivity contribution in [3.8, 4) is 0 Å². The molecule has 0 radical (unpaired) electrons. The first-order chi connectivity index (χ1) is 11.0. The first-order valence-electron chi connectivity index (χ1n) is 6.74.